The summed E-state index contributed by atoms with van der Waals surface area (Å²) in [5.74, 6) is 0.661. The van der Waals surface area contributed by atoms with E-state index >= 15 is 0 Å². The van der Waals surface area contributed by atoms with E-state index in [4.69, 9.17) is 22.1 Å². The minimum absolute atomic E-state index is 0.0351. The lowest BCUT2D eigenvalue weighted by atomic mass is 10.2. The quantitative estimate of drug-likeness (QED) is 0.827. The maximum Gasteiger partial charge on any atom is 0.242 e. The van der Waals surface area contributed by atoms with Gasteiger partial charge < -0.3 is 10.5 Å². The molecule has 21 heavy (non-hydrogen) atoms. The summed E-state index contributed by atoms with van der Waals surface area (Å²) in [7, 11) is -2.18. The molecule has 0 aliphatic carbocycles. The minimum atomic E-state index is -3.73. The van der Waals surface area contributed by atoms with Crippen molar-refractivity contribution >= 4 is 27.3 Å². The van der Waals surface area contributed by atoms with Crippen LogP contribution < -0.4 is 15.2 Å². The Balaban J connectivity index is 2.19. The van der Waals surface area contributed by atoms with Crippen LogP contribution in [0.4, 0.5) is 5.69 Å². The molecule has 2 rings (SSSR count). The van der Waals surface area contributed by atoms with Crippen LogP contribution in [-0.4, -0.2) is 15.5 Å². The molecule has 112 valence electrons. The number of hydrogen-bond donors (Lipinski definition) is 2. The second-order valence-electron chi connectivity index (χ2n) is 4.37. The summed E-state index contributed by atoms with van der Waals surface area (Å²) < 4.78 is 32.1. The van der Waals surface area contributed by atoms with E-state index in [-0.39, 0.29) is 16.5 Å². The molecule has 2 aromatic carbocycles. The van der Waals surface area contributed by atoms with Gasteiger partial charge in [0, 0.05) is 12.2 Å². The highest BCUT2D eigenvalue weighted by Gasteiger charge is 2.18. The minimum Gasteiger partial charge on any atom is -0.497 e. The fraction of sp³-hybridized carbons (Fsp3) is 0.143. The lowest BCUT2D eigenvalue weighted by molar-refractivity contribution is 0.414. The summed E-state index contributed by atoms with van der Waals surface area (Å²) in [4.78, 5) is -0.0351. The van der Waals surface area contributed by atoms with Crippen LogP contribution in [0.5, 0.6) is 5.75 Å². The second kappa shape index (κ2) is 6.34. The van der Waals surface area contributed by atoms with Crippen molar-refractivity contribution in [1.82, 2.24) is 4.72 Å². The van der Waals surface area contributed by atoms with E-state index < -0.39 is 10.0 Å². The van der Waals surface area contributed by atoms with E-state index in [1.54, 1.807) is 37.4 Å². The molecule has 0 saturated heterocycles. The number of ether oxygens (including phenoxy) is 1. The number of halogens is 1. The monoisotopic (exact) mass is 326 g/mol. The molecule has 0 radical (unpaired) electrons. The molecule has 0 aliphatic rings. The molecule has 5 nitrogen and oxygen atoms in total. The van der Waals surface area contributed by atoms with Gasteiger partial charge >= 0.3 is 0 Å². The Kier molecular flexibility index (Phi) is 4.72. The Bertz CT molecular complexity index is 748. The molecule has 2 aromatic rings. The van der Waals surface area contributed by atoms with Gasteiger partial charge in [-0.15, -0.1) is 0 Å². The molecule has 0 spiro atoms. The Labute approximate surface area is 128 Å². The Morgan fingerprint density at radius 1 is 1.24 bits per heavy atom. The van der Waals surface area contributed by atoms with E-state index in [9.17, 15) is 8.42 Å². The van der Waals surface area contributed by atoms with Crippen molar-refractivity contribution in [2.24, 2.45) is 0 Å². The molecule has 0 bridgehead atoms. The highest BCUT2D eigenvalue weighted by Crippen LogP contribution is 2.23. The number of benzene rings is 2. The third-order valence-corrected chi connectivity index (χ3v) is 4.73. The first kappa shape index (κ1) is 15.6. The maximum atomic E-state index is 12.3. The molecule has 0 aromatic heterocycles. The Hall–Kier alpha value is -1.76. The lowest BCUT2D eigenvalue weighted by Gasteiger charge is -2.10. The summed E-state index contributed by atoms with van der Waals surface area (Å²) in [6, 6.07) is 11.5. The molecule has 0 atom stereocenters. The highest BCUT2D eigenvalue weighted by atomic mass is 35.5. The molecule has 0 unspecified atom stereocenters. The summed E-state index contributed by atoms with van der Waals surface area (Å²) in [6.45, 7) is 0.130. The predicted octanol–water partition coefficient (Wildman–Crippen LogP) is 2.41. The fourth-order valence-corrected chi connectivity index (χ4v) is 3.31. The van der Waals surface area contributed by atoms with E-state index in [2.05, 4.69) is 4.72 Å². The summed E-state index contributed by atoms with van der Waals surface area (Å²) >= 11 is 5.92. The molecular formula is C14H15ClN2O3S. The van der Waals surface area contributed by atoms with E-state index in [0.29, 0.717) is 11.4 Å². The number of nitrogen functional groups attached to an aromatic ring is 1. The SMILES string of the molecule is COc1cccc(CNS(=O)(=O)c2cc(N)ccc2Cl)c1. The number of anilines is 1. The zero-order chi connectivity index (χ0) is 15.5. The molecule has 7 heteroatoms. The summed E-state index contributed by atoms with van der Waals surface area (Å²) in [6.07, 6.45) is 0. The van der Waals surface area contributed by atoms with Crippen LogP contribution in [0.25, 0.3) is 0 Å². The van der Waals surface area contributed by atoms with Crippen molar-refractivity contribution < 1.29 is 13.2 Å². The van der Waals surface area contributed by atoms with Crippen LogP contribution in [0, 0.1) is 0 Å². The predicted molar refractivity (Wildman–Crippen MR) is 82.9 cm³/mol. The van der Waals surface area contributed by atoms with Crippen LogP contribution >= 0.6 is 11.6 Å². The number of sulfonamides is 1. The van der Waals surface area contributed by atoms with Crippen LogP contribution in [0.15, 0.2) is 47.4 Å². The van der Waals surface area contributed by atoms with Crippen LogP contribution in [-0.2, 0) is 16.6 Å². The van der Waals surface area contributed by atoms with Gasteiger partial charge in [0.2, 0.25) is 10.0 Å². The number of hydrogen-bond acceptors (Lipinski definition) is 4. The normalized spacial score (nSPS) is 11.3. The number of rotatable bonds is 5. The summed E-state index contributed by atoms with van der Waals surface area (Å²) in [5.41, 5.74) is 6.71. The lowest BCUT2D eigenvalue weighted by Crippen LogP contribution is -2.23. The Morgan fingerprint density at radius 2 is 2.00 bits per heavy atom. The first-order valence-corrected chi connectivity index (χ1v) is 7.96. The van der Waals surface area contributed by atoms with E-state index in [1.165, 1.54) is 12.1 Å². The topological polar surface area (TPSA) is 81.4 Å². The van der Waals surface area contributed by atoms with E-state index in [0.717, 1.165) is 5.56 Å². The number of nitrogens with two attached hydrogens (primary N) is 1. The van der Waals surface area contributed by atoms with Gasteiger partial charge in [0.1, 0.15) is 10.6 Å². The maximum absolute atomic E-state index is 12.3. The van der Waals surface area contributed by atoms with Gasteiger partial charge in [0.05, 0.1) is 12.1 Å². The van der Waals surface area contributed by atoms with Crippen molar-refractivity contribution in [2.75, 3.05) is 12.8 Å². The van der Waals surface area contributed by atoms with Crippen molar-refractivity contribution in [3.63, 3.8) is 0 Å². The smallest absolute Gasteiger partial charge is 0.242 e. The molecule has 0 fully saturated rings. The van der Waals surface area contributed by atoms with Crippen molar-refractivity contribution in [2.45, 2.75) is 11.4 Å². The zero-order valence-electron chi connectivity index (χ0n) is 11.3. The van der Waals surface area contributed by atoms with Gasteiger partial charge in [-0.3, -0.25) is 0 Å². The molecule has 0 saturated carbocycles. The molecule has 0 aliphatic heterocycles. The highest BCUT2D eigenvalue weighted by molar-refractivity contribution is 7.89. The van der Waals surface area contributed by atoms with Gasteiger partial charge in [-0.05, 0) is 35.9 Å². The van der Waals surface area contributed by atoms with Crippen LogP contribution in [0.2, 0.25) is 5.02 Å². The molecule has 0 heterocycles. The fourth-order valence-electron chi connectivity index (χ4n) is 1.76. The first-order valence-electron chi connectivity index (χ1n) is 6.10. The first-order chi connectivity index (χ1) is 9.92. The average molecular weight is 327 g/mol. The van der Waals surface area contributed by atoms with Crippen molar-refractivity contribution in [1.29, 1.82) is 0 Å². The third kappa shape index (κ3) is 3.87. The van der Waals surface area contributed by atoms with Crippen LogP contribution in [0.3, 0.4) is 0 Å². The number of methoxy groups -OCH3 is 1. The van der Waals surface area contributed by atoms with Gasteiger partial charge in [-0.25, -0.2) is 13.1 Å². The zero-order valence-corrected chi connectivity index (χ0v) is 12.9. The summed E-state index contributed by atoms with van der Waals surface area (Å²) in [5, 5.41) is 0.127. The standard InChI is InChI=1S/C14H15ClN2O3S/c1-20-12-4-2-3-10(7-12)9-17-21(18,19)14-8-11(16)5-6-13(14)15/h2-8,17H,9,16H2,1H3. The van der Waals surface area contributed by atoms with E-state index in [1.807, 2.05) is 0 Å². The molecule has 0 amide bonds. The third-order valence-electron chi connectivity index (χ3n) is 2.85. The van der Waals surface area contributed by atoms with Gasteiger partial charge in [0.25, 0.3) is 0 Å². The molecular weight excluding hydrogens is 312 g/mol. The van der Waals surface area contributed by atoms with Crippen LogP contribution in [0.1, 0.15) is 5.56 Å². The molecule has 3 N–H and O–H groups in total. The van der Waals surface area contributed by atoms with Gasteiger partial charge in [-0.2, -0.15) is 0 Å². The number of nitrogens with one attached hydrogen (secondary N) is 1. The second-order valence-corrected chi connectivity index (χ2v) is 6.51. The van der Waals surface area contributed by atoms with Crippen molar-refractivity contribution in [3.05, 3.63) is 53.1 Å². The average Bonchev–Trinajstić information content (AvgIpc) is 2.48. The van der Waals surface area contributed by atoms with Crippen molar-refractivity contribution in [3.8, 4) is 5.75 Å². The van der Waals surface area contributed by atoms with Gasteiger partial charge in [0.15, 0.2) is 0 Å². The largest absolute Gasteiger partial charge is 0.497 e. The van der Waals surface area contributed by atoms with Gasteiger partial charge in [-0.1, -0.05) is 23.7 Å². The Morgan fingerprint density at radius 3 is 2.71 bits per heavy atom.